The second-order valence-electron chi connectivity index (χ2n) is 1.24. The molecule has 0 aliphatic carbocycles. The molecule has 0 bridgehead atoms. The van der Waals surface area contributed by atoms with Gasteiger partial charge in [-0.3, -0.25) is 6.54 Å². The van der Waals surface area contributed by atoms with Crippen molar-refractivity contribution >= 4 is 0 Å². The van der Waals surface area contributed by atoms with Crippen molar-refractivity contribution in [1.82, 2.24) is 4.90 Å². The summed E-state index contributed by atoms with van der Waals surface area (Å²) in [6.45, 7) is 8.49. The van der Waals surface area contributed by atoms with Crippen LogP contribution in [0.1, 0.15) is 6.92 Å². The van der Waals surface area contributed by atoms with Gasteiger partial charge in [0.2, 0.25) is 0 Å². The molecule has 7 heavy (non-hydrogen) atoms. The van der Waals surface area contributed by atoms with Gasteiger partial charge in [0.05, 0.1) is 0 Å². The van der Waals surface area contributed by atoms with E-state index < -0.39 is 0 Å². The van der Waals surface area contributed by atoms with Crippen molar-refractivity contribution < 1.29 is 21.1 Å². The van der Waals surface area contributed by atoms with E-state index in [1.165, 1.54) is 0 Å². The molecule has 0 radical (unpaired) electrons. The predicted molar refractivity (Wildman–Crippen MR) is 28.0 cm³/mol. The standard InChI is InChI=1S/C5H11N.W/c1-4-6(3)5-2;/h5H,1,4H2,2-3H3;/q-2;+2. The van der Waals surface area contributed by atoms with E-state index in [1.54, 1.807) is 0 Å². The van der Waals surface area contributed by atoms with Crippen molar-refractivity contribution in [1.29, 1.82) is 0 Å². The summed E-state index contributed by atoms with van der Waals surface area (Å²) in [4.78, 5) is 2.01. The summed E-state index contributed by atoms with van der Waals surface area (Å²) in [6, 6.07) is 0. The molecule has 0 aliphatic heterocycles. The van der Waals surface area contributed by atoms with Crippen LogP contribution < -0.4 is 0 Å². The molecule has 0 aromatic rings. The van der Waals surface area contributed by atoms with E-state index in [4.69, 9.17) is 0 Å². The largest absolute Gasteiger partial charge is 2.00 e. The molecule has 0 rings (SSSR count). The van der Waals surface area contributed by atoms with E-state index in [9.17, 15) is 0 Å². The molecule has 0 fully saturated rings. The van der Waals surface area contributed by atoms with Gasteiger partial charge in [-0.2, -0.15) is 13.5 Å². The Balaban J connectivity index is 0. The normalized spacial score (nSPS) is 8.57. The summed E-state index contributed by atoms with van der Waals surface area (Å²) in [5.41, 5.74) is 0. The maximum Gasteiger partial charge on any atom is 2.00 e. The fraction of sp³-hybridized carbons (Fsp3) is 0.600. The molecule has 0 unspecified atom stereocenters. The average molecular weight is 269 g/mol. The zero-order valence-corrected chi connectivity index (χ0v) is 7.78. The van der Waals surface area contributed by atoms with Crippen LogP contribution in [0.3, 0.4) is 0 Å². The van der Waals surface area contributed by atoms with Crippen LogP contribution in [0.4, 0.5) is 0 Å². The fourth-order valence-electron chi connectivity index (χ4n) is 0.129. The monoisotopic (exact) mass is 269 g/mol. The van der Waals surface area contributed by atoms with E-state index in [2.05, 4.69) is 6.92 Å². The molecule has 2 heteroatoms. The third-order valence-electron chi connectivity index (χ3n) is 0.793. The molecular weight excluding hydrogens is 258 g/mol. The first kappa shape index (κ1) is 10.6. The number of hydrogen-bond acceptors (Lipinski definition) is 1. The van der Waals surface area contributed by atoms with Crippen molar-refractivity contribution in [2.45, 2.75) is 6.92 Å². The van der Waals surface area contributed by atoms with Gasteiger partial charge in [0.15, 0.2) is 0 Å². The summed E-state index contributed by atoms with van der Waals surface area (Å²) in [7, 11) is 1.99. The summed E-state index contributed by atoms with van der Waals surface area (Å²) in [6.07, 6.45) is 0. The molecular formula is C5H11NW. The minimum absolute atomic E-state index is 0. The average Bonchev–Trinajstić information content (AvgIpc) is 1.65. The van der Waals surface area contributed by atoms with Crippen molar-refractivity contribution in [3.63, 3.8) is 0 Å². The smallest absolute Gasteiger partial charge is 0.485 e. The van der Waals surface area contributed by atoms with Gasteiger partial charge >= 0.3 is 21.1 Å². The summed E-state index contributed by atoms with van der Waals surface area (Å²) < 4.78 is 0. The van der Waals surface area contributed by atoms with E-state index >= 15 is 0 Å². The van der Waals surface area contributed by atoms with Gasteiger partial charge in [-0.1, -0.05) is 0 Å². The maximum absolute atomic E-state index is 3.65. The van der Waals surface area contributed by atoms with Crippen LogP contribution in [-0.4, -0.2) is 18.5 Å². The van der Waals surface area contributed by atoms with E-state index in [-0.39, 0.29) is 21.1 Å². The molecule has 0 aromatic carbocycles. The predicted octanol–water partition coefficient (Wildman–Crippen LogP) is 0.931. The van der Waals surface area contributed by atoms with Crippen molar-refractivity contribution in [2.75, 3.05) is 13.6 Å². The molecule has 42 valence electrons. The second-order valence-corrected chi connectivity index (χ2v) is 1.24. The van der Waals surface area contributed by atoms with E-state index in [0.29, 0.717) is 0 Å². The van der Waals surface area contributed by atoms with Crippen LogP contribution in [0, 0.1) is 13.5 Å². The first-order valence-corrected chi connectivity index (χ1v) is 2.10. The first-order chi connectivity index (χ1) is 2.81. The van der Waals surface area contributed by atoms with E-state index in [1.807, 2.05) is 25.4 Å². The van der Waals surface area contributed by atoms with E-state index in [0.717, 1.165) is 6.54 Å². The van der Waals surface area contributed by atoms with Crippen molar-refractivity contribution in [3.05, 3.63) is 13.5 Å². The van der Waals surface area contributed by atoms with Crippen LogP contribution in [0.2, 0.25) is 0 Å². The van der Waals surface area contributed by atoms with Crippen molar-refractivity contribution in [2.24, 2.45) is 0 Å². The fourth-order valence-corrected chi connectivity index (χ4v) is 0.129. The number of nitrogens with zero attached hydrogens (tertiary/aromatic N) is 1. The van der Waals surface area contributed by atoms with Crippen LogP contribution in [0.15, 0.2) is 0 Å². The molecule has 0 saturated carbocycles. The van der Waals surface area contributed by atoms with Gasteiger partial charge < -0.3 is 11.8 Å². The van der Waals surface area contributed by atoms with Gasteiger partial charge in [-0.15, -0.1) is 0 Å². The van der Waals surface area contributed by atoms with Crippen LogP contribution in [0.5, 0.6) is 0 Å². The number of rotatable bonds is 2. The Bertz CT molecular complexity index is 27.3. The zero-order valence-electron chi connectivity index (χ0n) is 4.85. The minimum Gasteiger partial charge on any atom is -0.485 e. The molecule has 0 aliphatic rings. The Morgan fingerprint density at radius 3 is 2.14 bits per heavy atom. The van der Waals surface area contributed by atoms with Crippen LogP contribution >= 0.6 is 0 Å². The molecule has 0 amide bonds. The topological polar surface area (TPSA) is 3.24 Å². The number of hydrogen-bond donors (Lipinski definition) is 0. The Hall–Kier alpha value is 0.648. The maximum atomic E-state index is 3.65. The molecule has 0 atom stereocenters. The Kier molecular flexibility index (Phi) is 10.1. The Labute approximate surface area is 60.3 Å². The summed E-state index contributed by atoms with van der Waals surface area (Å²) >= 11 is 0. The molecule has 0 spiro atoms. The second kappa shape index (κ2) is 6.65. The van der Waals surface area contributed by atoms with Gasteiger partial charge in [-0.05, 0) is 7.05 Å². The van der Waals surface area contributed by atoms with Crippen LogP contribution in [0.25, 0.3) is 0 Å². The first-order valence-electron chi connectivity index (χ1n) is 2.10. The quantitative estimate of drug-likeness (QED) is 0.674. The van der Waals surface area contributed by atoms with Gasteiger partial charge in [0.25, 0.3) is 0 Å². The van der Waals surface area contributed by atoms with Gasteiger partial charge in [0, 0.05) is 0 Å². The molecule has 0 heterocycles. The molecule has 1 nitrogen and oxygen atoms in total. The molecule has 0 N–H and O–H groups in total. The third kappa shape index (κ3) is 6.65. The third-order valence-corrected chi connectivity index (χ3v) is 0.793. The molecule has 0 saturated heterocycles. The molecule has 0 aromatic heterocycles. The SMILES string of the molecule is [CH2-]CN(C)[CH-]C.[W+2]. The Morgan fingerprint density at radius 1 is 1.71 bits per heavy atom. The van der Waals surface area contributed by atoms with Gasteiger partial charge in [-0.25, -0.2) is 0 Å². The zero-order chi connectivity index (χ0) is 4.99. The van der Waals surface area contributed by atoms with Gasteiger partial charge in [0.1, 0.15) is 0 Å². The van der Waals surface area contributed by atoms with Crippen molar-refractivity contribution in [3.8, 4) is 0 Å². The van der Waals surface area contributed by atoms with Crippen LogP contribution in [-0.2, 0) is 21.1 Å². The minimum atomic E-state index is 0. The summed E-state index contributed by atoms with van der Waals surface area (Å²) in [5.74, 6) is 0. The summed E-state index contributed by atoms with van der Waals surface area (Å²) in [5, 5.41) is 0. The Morgan fingerprint density at radius 2 is 2.14 bits per heavy atom.